The number of hydrogen-bond donors (Lipinski definition) is 1. The molecular formula is C24H18ClF3N4O3S. The predicted molar refractivity (Wildman–Crippen MR) is 127 cm³/mol. The Kier molecular flexibility index (Phi) is 6.87. The van der Waals surface area contributed by atoms with E-state index in [4.69, 9.17) is 11.6 Å². The van der Waals surface area contributed by atoms with Crippen molar-refractivity contribution >= 4 is 33.1 Å². The molecule has 0 atom stereocenters. The molecule has 0 fully saturated rings. The van der Waals surface area contributed by atoms with E-state index < -0.39 is 27.7 Å². The molecule has 2 heterocycles. The minimum Gasteiger partial charge on any atom is -0.289 e. The van der Waals surface area contributed by atoms with Crippen LogP contribution in [0.2, 0.25) is 5.02 Å². The molecule has 0 saturated carbocycles. The molecule has 2 aromatic carbocycles. The topological polar surface area (TPSA) is 94.0 Å². The lowest BCUT2D eigenvalue weighted by Crippen LogP contribution is -2.17. The molecule has 0 aliphatic heterocycles. The molecule has 2 aromatic heterocycles. The number of hydrogen-bond acceptors (Lipinski definition) is 5. The number of anilines is 1. The Morgan fingerprint density at radius 2 is 1.69 bits per heavy atom. The molecule has 36 heavy (non-hydrogen) atoms. The number of sulfonamides is 1. The van der Waals surface area contributed by atoms with Crippen LogP contribution in [-0.4, -0.2) is 29.0 Å². The molecule has 0 saturated heterocycles. The Balaban J connectivity index is 1.59. The molecule has 0 bridgehead atoms. The van der Waals surface area contributed by atoms with Gasteiger partial charge in [0, 0.05) is 28.5 Å². The van der Waals surface area contributed by atoms with Crippen LogP contribution in [0.15, 0.2) is 78.0 Å². The lowest BCUT2D eigenvalue weighted by molar-refractivity contribution is -0.144. The number of alkyl halides is 3. The Bertz CT molecular complexity index is 1520. The first-order valence-corrected chi connectivity index (χ1v) is 12.3. The zero-order valence-corrected chi connectivity index (χ0v) is 20.2. The predicted octanol–water partition coefficient (Wildman–Crippen LogP) is 5.34. The van der Waals surface area contributed by atoms with E-state index in [-0.39, 0.29) is 33.4 Å². The molecular weight excluding hydrogens is 517 g/mol. The molecule has 4 rings (SSSR count). The molecule has 0 aliphatic rings. The number of pyridine rings is 1. The number of carbonyl (C=O) groups is 1. The van der Waals surface area contributed by atoms with Crippen LogP contribution in [0.5, 0.6) is 0 Å². The summed E-state index contributed by atoms with van der Waals surface area (Å²) in [6.45, 7) is 1.26. The zero-order valence-electron chi connectivity index (χ0n) is 18.6. The van der Waals surface area contributed by atoms with Gasteiger partial charge in [-0.15, -0.1) is 0 Å². The van der Waals surface area contributed by atoms with Gasteiger partial charge in [-0.1, -0.05) is 23.7 Å². The highest BCUT2D eigenvalue weighted by Crippen LogP contribution is 2.30. The molecule has 0 radical (unpaired) electrons. The van der Waals surface area contributed by atoms with Gasteiger partial charge in [-0.05, 0) is 61.0 Å². The average molecular weight is 535 g/mol. The maximum Gasteiger partial charge on any atom is 0.433 e. The van der Waals surface area contributed by atoms with Crippen LogP contribution in [0.1, 0.15) is 32.9 Å². The van der Waals surface area contributed by atoms with Crippen LogP contribution in [0.3, 0.4) is 0 Å². The highest BCUT2D eigenvalue weighted by atomic mass is 35.5. The zero-order chi connectivity index (χ0) is 26.1. The lowest BCUT2D eigenvalue weighted by Gasteiger charge is -2.14. The Labute approximate surface area is 209 Å². The van der Waals surface area contributed by atoms with E-state index in [1.807, 2.05) is 0 Å². The van der Waals surface area contributed by atoms with E-state index in [9.17, 15) is 26.4 Å². The summed E-state index contributed by atoms with van der Waals surface area (Å²) in [6.07, 6.45) is -1.70. The number of aryl methyl sites for hydroxylation is 1. The Hall–Kier alpha value is -3.70. The van der Waals surface area contributed by atoms with E-state index in [0.717, 1.165) is 10.7 Å². The standard InChI is InChI=1S/C24H18ClF3N4O3S/c1-15-12-22(24(26,27)28)32(30-15)14-16-2-5-19(6-3-16)36(34,35)31-21-7-4-18(25)13-20(21)23(33)17-8-10-29-11-9-17/h2-13,31H,14H2,1H3. The van der Waals surface area contributed by atoms with Gasteiger partial charge in [0.1, 0.15) is 5.69 Å². The average Bonchev–Trinajstić information content (AvgIpc) is 3.21. The first-order valence-electron chi connectivity index (χ1n) is 10.4. The van der Waals surface area contributed by atoms with Crippen molar-refractivity contribution in [2.45, 2.75) is 24.5 Å². The van der Waals surface area contributed by atoms with E-state index in [0.29, 0.717) is 11.1 Å². The van der Waals surface area contributed by atoms with Gasteiger partial charge in [0.05, 0.1) is 22.8 Å². The Morgan fingerprint density at radius 3 is 2.33 bits per heavy atom. The highest BCUT2D eigenvalue weighted by molar-refractivity contribution is 7.92. The fourth-order valence-corrected chi connectivity index (χ4v) is 4.75. The van der Waals surface area contributed by atoms with Gasteiger partial charge >= 0.3 is 6.18 Å². The van der Waals surface area contributed by atoms with Crippen molar-refractivity contribution in [3.63, 3.8) is 0 Å². The summed E-state index contributed by atoms with van der Waals surface area (Å²) < 4.78 is 69.0. The molecule has 0 amide bonds. The SMILES string of the molecule is Cc1cc(C(F)(F)F)n(Cc2ccc(S(=O)(=O)Nc3ccc(Cl)cc3C(=O)c3ccncc3)cc2)n1. The van der Waals surface area contributed by atoms with Crippen molar-refractivity contribution in [1.82, 2.24) is 14.8 Å². The van der Waals surface area contributed by atoms with Gasteiger partial charge in [-0.3, -0.25) is 19.2 Å². The summed E-state index contributed by atoms with van der Waals surface area (Å²) in [6, 6.07) is 13.4. The lowest BCUT2D eigenvalue weighted by atomic mass is 10.0. The van der Waals surface area contributed by atoms with Crippen LogP contribution in [-0.2, 0) is 22.7 Å². The third-order valence-corrected chi connectivity index (χ3v) is 6.79. The number of aromatic nitrogens is 3. The quantitative estimate of drug-likeness (QED) is 0.323. The number of rotatable bonds is 7. The number of nitrogens with one attached hydrogen (secondary N) is 1. The smallest absolute Gasteiger partial charge is 0.289 e. The Morgan fingerprint density at radius 1 is 1.03 bits per heavy atom. The number of halogens is 4. The maximum atomic E-state index is 13.2. The van der Waals surface area contributed by atoms with Crippen LogP contribution < -0.4 is 4.72 Å². The summed E-state index contributed by atoms with van der Waals surface area (Å²) >= 11 is 6.04. The van der Waals surface area contributed by atoms with Crippen molar-refractivity contribution in [3.05, 3.63) is 106 Å². The molecule has 0 spiro atoms. The molecule has 186 valence electrons. The summed E-state index contributed by atoms with van der Waals surface area (Å²) in [5, 5.41) is 4.12. The third kappa shape index (κ3) is 5.58. The number of benzene rings is 2. The number of carbonyl (C=O) groups excluding carboxylic acids is 1. The number of nitrogens with zero attached hydrogens (tertiary/aromatic N) is 3. The summed E-state index contributed by atoms with van der Waals surface area (Å²) in [7, 11) is -4.14. The van der Waals surface area contributed by atoms with Crippen molar-refractivity contribution in [2.75, 3.05) is 4.72 Å². The van der Waals surface area contributed by atoms with Gasteiger partial charge in [-0.25, -0.2) is 8.42 Å². The highest BCUT2D eigenvalue weighted by Gasteiger charge is 2.35. The summed E-state index contributed by atoms with van der Waals surface area (Å²) in [4.78, 5) is 16.7. The van der Waals surface area contributed by atoms with E-state index >= 15 is 0 Å². The van der Waals surface area contributed by atoms with Gasteiger partial charge in [0.15, 0.2) is 5.78 Å². The van der Waals surface area contributed by atoms with E-state index in [1.54, 1.807) is 0 Å². The molecule has 4 aromatic rings. The second-order valence-electron chi connectivity index (χ2n) is 7.83. The molecule has 0 aliphatic carbocycles. The third-order valence-electron chi connectivity index (χ3n) is 5.17. The van der Waals surface area contributed by atoms with Crippen molar-refractivity contribution in [1.29, 1.82) is 0 Å². The van der Waals surface area contributed by atoms with Gasteiger partial charge < -0.3 is 0 Å². The van der Waals surface area contributed by atoms with Gasteiger partial charge in [-0.2, -0.15) is 18.3 Å². The molecule has 0 unspecified atom stereocenters. The van der Waals surface area contributed by atoms with Crippen molar-refractivity contribution < 1.29 is 26.4 Å². The van der Waals surface area contributed by atoms with Crippen LogP contribution in [0.25, 0.3) is 0 Å². The van der Waals surface area contributed by atoms with Crippen LogP contribution >= 0.6 is 11.6 Å². The first kappa shape index (κ1) is 25.4. The molecule has 1 N–H and O–H groups in total. The second-order valence-corrected chi connectivity index (χ2v) is 9.95. The fraction of sp³-hybridized carbons (Fsp3) is 0.125. The fourth-order valence-electron chi connectivity index (χ4n) is 3.50. The maximum absolute atomic E-state index is 13.2. The van der Waals surface area contributed by atoms with Crippen molar-refractivity contribution in [2.24, 2.45) is 0 Å². The summed E-state index contributed by atoms with van der Waals surface area (Å²) in [5.74, 6) is -0.456. The van der Waals surface area contributed by atoms with Gasteiger partial charge in [0.25, 0.3) is 10.0 Å². The largest absolute Gasteiger partial charge is 0.433 e. The number of ketones is 1. The minimum atomic E-state index is -4.57. The van der Waals surface area contributed by atoms with Crippen molar-refractivity contribution in [3.8, 4) is 0 Å². The van der Waals surface area contributed by atoms with E-state index in [2.05, 4.69) is 14.8 Å². The van der Waals surface area contributed by atoms with E-state index in [1.165, 1.54) is 73.9 Å². The molecule has 7 nitrogen and oxygen atoms in total. The normalized spacial score (nSPS) is 11.9. The van der Waals surface area contributed by atoms with Crippen LogP contribution in [0.4, 0.5) is 18.9 Å². The monoisotopic (exact) mass is 534 g/mol. The first-order chi connectivity index (χ1) is 16.9. The van der Waals surface area contributed by atoms with Crippen LogP contribution in [0, 0.1) is 6.92 Å². The summed E-state index contributed by atoms with van der Waals surface area (Å²) in [5.41, 5.74) is 0.0970. The second kappa shape index (κ2) is 9.75. The van der Waals surface area contributed by atoms with Gasteiger partial charge in [0.2, 0.25) is 0 Å². The minimum absolute atomic E-state index is 0.0205. The molecule has 12 heteroatoms.